The third-order valence-electron chi connectivity index (χ3n) is 2.30. The summed E-state index contributed by atoms with van der Waals surface area (Å²) in [5, 5.41) is 2.92. The minimum absolute atomic E-state index is 0.0513. The lowest BCUT2D eigenvalue weighted by Crippen LogP contribution is -2.26. The van der Waals surface area contributed by atoms with Crippen LogP contribution in [0.3, 0.4) is 0 Å². The van der Waals surface area contributed by atoms with Crippen molar-refractivity contribution < 1.29 is 18.7 Å². The third kappa shape index (κ3) is 4.00. The Hall–Kier alpha value is -1.62. The van der Waals surface area contributed by atoms with Gasteiger partial charge in [-0.3, -0.25) is 0 Å². The Kier molecular flexibility index (Phi) is 5.58. The molecule has 1 aromatic rings. The monoisotopic (exact) mass is 255 g/mol. The van der Waals surface area contributed by atoms with E-state index in [9.17, 15) is 9.18 Å². The highest BCUT2D eigenvalue weighted by atomic mass is 19.1. The van der Waals surface area contributed by atoms with Crippen LogP contribution in [0, 0.1) is 5.82 Å². The van der Waals surface area contributed by atoms with Crippen molar-refractivity contribution >= 4 is 5.97 Å². The van der Waals surface area contributed by atoms with Crippen LogP contribution in [0.25, 0.3) is 0 Å². The van der Waals surface area contributed by atoms with Crippen LogP contribution < -0.4 is 10.1 Å². The lowest BCUT2D eigenvalue weighted by Gasteiger charge is -2.14. The molecule has 0 saturated heterocycles. The molecular formula is C13H18FNO3. The summed E-state index contributed by atoms with van der Waals surface area (Å²) in [5.41, 5.74) is 0.811. The molecule has 1 unspecified atom stereocenters. The second-order valence-corrected chi connectivity index (χ2v) is 3.81. The zero-order chi connectivity index (χ0) is 13.5. The molecule has 1 rings (SSSR count). The van der Waals surface area contributed by atoms with E-state index < -0.39 is 17.9 Å². The maximum atomic E-state index is 13.7. The van der Waals surface area contributed by atoms with Crippen LogP contribution in [0.1, 0.15) is 19.4 Å². The Balaban J connectivity index is 2.70. The second-order valence-electron chi connectivity index (χ2n) is 3.81. The predicted molar refractivity (Wildman–Crippen MR) is 65.9 cm³/mol. The summed E-state index contributed by atoms with van der Waals surface area (Å²) < 4.78 is 23.7. The average molecular weight is 255 g/mol. The van der Waals surface area contributed by atoms with Crippen LogP contribution in [-0.2, 0) is 16.1 Å². The Morgan fingerprint density at radius 1 is 1.50 bits per heavy atom. The first-order valence-corrected chi connectivity index (χ1v) is 5.84. The third-order valence-corrected chi connectivity index (χ3v) is 2.30. The highest BCUT2D eigenvalue weighted by molar-refractivity contribution is 5.74. The van der Waals surface area contributed by atoms with E-state index in [-0.39, 0.29) is 12.4 Å². The van der Waals surface area contributed by atoms with Crippen molar-refractivity contribution in [2.45, 2.75) is 26.5 Å². The van der Waals surface area contributed by atoms with Crippen LogP contribution in [0.4, 0.5) is 4.39 Å². The van der Waals surface area contributed by atoms with Crippen molar-refractivity contribution in [1.29, 1.82) is 0 Å². The van der Waals surface area contributed by atoms with Gasteiger partial charge < -0.3 is 14.8 Å². The largest absolute Gasteiger partial charge is 0.476 e. The van der Waals surface area contributed by atoms with Crippen LogP contribution >= 0.6 is 0 Å². The first-order chi connectivity index (χ1) is 8.58. The summed E-state index contributed by atoms with van der Waals surface area (Å²) >= 11 is 0. The van der Waals surface area contributed by atoms with Gasteiger partial charge in [0.25, 0.3) is 0 Å². The molecule has 0 fully saturated rings. The molecule has 18 heavy (non-hydrogen) atoms. The molecule has 1 aromatic carbocycles. The minimum Gasteiger partial charge on any atom is -0.476 e. The number of hydrogen-bond acceptors (Lipinski definition) is 4. The molecule has 0 spiro atoms. The number of carbonyl (C=O) groups excluding carboxylic acids is 1. The molecule has 1 atom stereocenters. The molecule has 0 aliphatic heterocycles. The van der Waals surface area contributed by atoms with E-state index in [1.807, 2.05) is 0 Å². The van der Waals surface area contributed by atoms with Crippen molar-refractivity contribution in [2.24, 2.45) is 0 Å². The van der Waals surface area contributed by atoms with Gasteiger partial charge in [-0.25, -0.2) is 9.18 Å². The molecule has 4 nitrogen and oxygen atoms in total. The summed E-state index contributed by atoms with van der Waals surface area (Å²) in [4.78, 5) is 11.3. The molecule has 0 aliphatic rings. The number of hydrogen-bond donors (Lipinski definition) is 1. The van der Waals surface area contributed by atoms with E-state index in [4.69, 9.17) is 9.47 Å². The molecule has 0 amide bonds. The van der Waals surface area contributed by atoms with Gasteiger partial charge in [-0.1, -0.05) is 6.07 Å². The summed E-state index contributed by atoms with van der Waals surface area (Å²) in [5.74, 6) is -0.939. The van der Waals surface area contributed by atoms with E-state index in [2.05, 4.69) is 5.32 Å². The number of rotatable bonds is 6. The van der Waals surface area contributed by atoms with E-state index in [1.54, 1.807) is 20.0 Å². The minimum atomic E-state index is -0.824. The van der Waals surface area contributed by atoms with Crippen molar-refractivity contribution in [3.63, 3.8) is 0 Å². The molecule has 1 N–H and O–H groups in total. The molecule has 0 aromatic heterocycles. The predicted octanol–water partition coefficient (Wildman–Crippen LogP) is 1.88. The number of halogens is 1. The van der Waals surface area contributed by atoms with Crippen LogP contribution in [0.5, 0.6) is 5.75 Å². The van der Waals surface area contributed by atoms with E-state index in [0.29, 0.717) is 6.54 Å². The highest BCUT2D eigenvalue weighted by Crippen LogP contribution is 2.20. The quantitative estimate of drug-likeness (QED) is 0.788. The number of ether oxygens (including phenoxy) is 2. The zero-order valence-electron chi connectivity index (χ0n) is 10.8. The summed E-state index contributed by atoms with van der Waals surface area (Å²) in [6.07, 6.45) is -0.824. The van der Waals surface area contributed by atoms with Gasteiger partial charge in [-0.05, 0) is 38.6 Å². The normalized spacial score (nSPS) is 12.0. The molecular weight excluding hydrogens is 237 g/mol. The average Bonchev–Trinajstić information content (AvgIpc) is 2.33. The maximum Gasteiger partial charge on any atom is 0.347 e. The Morgan fingerprint density at radius 3 is 2.78 bits per heavy atom. The van der Waals surface area contributed by atoms with Gasteiger partial charge in [-0.2, -0.15) is 0 Å². The van der Waals surface area contributed by atoms with E-state index in [1.165, 1.54) is 19.1 Å². The van der Waals surface area contributed by atoms with Gasteiger partial charge >= 0.3 is 5.97 Å². The fourth-order valence-corrected chi connectivity index (χ4v) is 1.45. The van der Waals surface area contributed by atoms with Crippen molar-refractivity contribution in [3.8, 4) is 5.75 Å². The van der Waals surface area contributed by atoms with Crippen molar-refractivity contribution in [3.05, 3.63) is 29.6 Å². The fourth-order valence-electron chi connectivity index (χ4n) is 1.45. The topological polar surface area (TPSA) is 47.6 Å². The van der Waals surface area contributed by atoms with Crippen LogP contribution in [0.2, 0.25) is 0 Å². The van der Waals surface area contributed by atoms with Gasteiger partial charge in [0.1, 0.15) is 0 Å². The smallest absolute Gasteiger partial charge is 0.347 e. The molecule has 5 heteroatoms. The SMILES string of the molecule is CCOC(=O)C(C)Oc1ccc(CNC)cc1F. The Bertz CT molecular complexity index is 409. The summed E-state index contributed by atoms with van der Waals surface area (Å²) in [6, 6.07) is 4.63. The number of nitrogens with one attached hydrogen (secondary N) is 1. The van der Waals surface area contributed by atoms with Gasteiger partial charge in [0.15, 0.2) is 17.7 Å². The van der Waals surface area contributed by atoms with E-state index in [0.717, 1.165) is 5.56 Å². The number of carbonyl (C=O) groups is 1. The van der Waals surface area contributed by atoms with Crippen LogP contribution in [0.15, 0.2) is 18.2 Å². The molecule has 0 bridgehead atoms. The molecule has 0 radical (unpaired) electrons. The highest BCUT2D eigenvalue weighted by Gasteiger charge is 2.17. The maximum absolute atomic E-state index is 13.7. The standard InChI is InChI=1S/C13H18FNO3/c1-4-17-13(16)9(2)18-12-6-5-10(8-15-3)7-11(12)14/h5-7,9,15H,4,8H2,1-3H3. The van der Waals surface area contributed by atoms with E-state index >= 15 is 0 Å². The van der Waals surface area contributed by atoms with Gasteiger partial charge in [0, 0.05) is 6.54 Å². The molecule has 0 heterocycles. The molecule has 100 valence electrons. The van der Waals surface area contributed by atoms with Crippen molar-refractivity contribution in [1.82, 2.24) is 5.32 Å². The van der Waals surface area contributed by atoms with Gasteiger partial charge in [0.05, 0.1) is 6.61 Å². The molecule has 0 aliphatic carbocycles. The molecule has 0 saturated carbocycles. The summed E-state index contributed by atoms with van der Waals surface area (Å²) in [6.45, 7) is 4.08. The Morgan fingerprint density at radius 2 is 2.22 bits per heavy atom. The van der Waals surface area contributed by atoms with Crippen LogP contribution in [-0.4, -0.2) is 25.7 Å². The second kappa shape index (κ2) is 6.96. The summed E-state index contributed by atoms with van der Waals surface area (Å²) in [7, 11) is 1.78. The van der Waals surface area contributed by atoms with Crippen molar-refractivity contribution in [2.75, 3.05) is 13.7 Å². The fraction of sp³-hybridized carbons (Fsp3) is 0.462. The first kappa shape index (κ1) is 14.4. The first-order valence-electron chi connectivity index (χ1n) is 5.84. The lowest BCUT2D eigenvalue weighted by molar-refractivity contribution is -0.150. The number of benzene rings is 1. The zero-order valence-corrected chi connectivity index (χ0v) is 10.8. The van der Waals surface area contributed by atoms with Gasteiger partial charge in [0.2, 0.25) is 0 Å². The Labute approximate surface area is 106 Å². The number of esters is 1. The lowest BCUT2D eigenvalue weighted by atomic mass is 10.2. The van der Waals surface area contributed by atoms with Gasteiger partial charge in [-0.15, -0.1) is 0 Å².